The lowest BCUT2D eigenvalue weighted by molar-refractivity contribution is 0.0964. The normalized spacial score (nSPS) is 23.2. The Morgan fingerprint density at radius 2 is 1.94 bits per heavy atom. The fraction of sp³-hybridized carbons (Fsp3) is 0.423. The Bertz CT molecular complexity index is 1180. The number of hydrogen-bond acceptors (Lipinski definition) is 3. The second kappa shape index (κ2) is 8.01. The maximum atomic E-state index is 14.8. The fourth-order valence-electron chi connectivity index (χ4n) is 5.99. The van der Waals surface area contributed by atoms with Crippen molar-refractivity contribution in [3.8, 4) is 0 Å². The van der Waals surface area contributed by atoms with Gasteiger partial charge in [0.05, 0.1) is 11.1 Å². The molecule has 2 aliphatic rings. The first kappa shape index (κ1) is 21.2. The number of hydrogen-bond donors (Lipinski definition) is 1. The maximum Gasteiger partial charge on any atom is 0.253 e. The summed E-state index contributed by atoms with van der Waals surface area (Å²) >= 11 is 0. The Balaban J connectivity index is 1.55. The lowest BCUT2D eigenvalue weighted by atomic mass is 9.92. The summed E-state index contributed by atoms with van der Waals surface area (Å²) in [6.07, 6.45) is 4.10. The van der Waals surface area contributed by atoms with Crippen LogP contribution in [0.3, 0.4) is 0 Å². The number of aromatic nitrogens is 1. The molecule has 1 saturated heterocycles. The third-order valence-corrected chi connectivity index (χ3v) is 7.49. The Kier molecular flexibility index (Phi) is 5.30. The average Bonchev–Trinajstić information content (AvgIpc) is 3.48. The van der Waals surface area contributed by atoms with Crippen molar-refractivity contribution in [2.75, 3.05) is 34.2 Å². The van der Waals surface area contributed by atoms with Crippen molar-refractivity contribution < 1.29 is 9.18 Å². The number of aryl methyl sites for hydroxylation is 2. The van der Waals surface area contributed by atoms with Crippen LogP contribution in [0.2, 0.25) is 0 Å². The highest BCUT2D eigenvalue weighted by Gasteiger charge is 2.42. The molecule has 3 aromatic rings. The minimum Gasteiger partial charge on any atom is -0.355 e. The van der Waals surface area contributed by atoms with Gasteiger partial charge >= 0.3 is 0 Å². The van der Waals surface area contributed by atoms with Gasteiger partial charge in [-0.3, -0.25) is 9.69 Å². The molecule has 168 valence electrons. The van der Waals surface area contributed by atoms with Gasteiger partial charge in [-0.05, 0) is 50.2 Å². The van der Waals surface area contributed by atoms with E-state index in [1.165, 1.54) is 5.56 Å². The molecule has 0 saturated carbocycles. The SMILES string of the molecule is CNC(=O)c1cccc2c([C@H]3CN(C4CCc5cccc(F)c54)C[C@@H]3N(C)C)cn(C)c12. The first-order chi connectivity index (χ1) is 15.4. The second-order valence-electron chi connectivity index (χ2n) is 9.43. The van der Waals surface area contributed by atoms with Gasteiger partial charge < -0.3 is 14.8 Å². The number of benzene rings is 2. The number of para-hydroxylation sites is 1. The van der Waals surface area contributed by atoms with E-state index in [0.717, 1.165) is 48.0 Å². The molecule has 6 heteroatoms. The zero-order valence-electron chi connectivity index (χ0n) is 19.2. The van der Waals surface area contributed by atoms with E-state index in [1.807, 2.05) is 25.2 Å². The molecule has 0 bridgehead atoms. The quantitative estimate of drug-likeness (QED) is 0.681. The van der Waals surface area contributed by atoms with E-state index in [9.17, 15) is 9.18 Å². The van der Waals surface area contributed by atoms with Crippen LogP contribution < -0.4 is 5.32 Å². The molecular weight excluding hydrogens is 403 g/mol. The molecule has 0 spiro atoms. The van der Waals surface area contributed by atoms with Gasteiger partial charge in [0, 0.05) is 62.3 Å². The van der Waals surface area contributed by atoms with Crippen LogP contribution >= 0.6 is 0 Å². The van der Waals surface area contributed by atoms with Crippen molar-refractivity contribution >= 4 is 16.8 Å². The number of fused-ring (bicyclic) bond motifs is 2. The summed E-state index contributed by atoms with van der Waals surface area (Å²) in [4.78, 5) is 17.3. The molecule has 5 nitrogen and oxygen atoms in total. The Morgan fingerprint density at radius 1 is 1.16 bits per heavy atom. The monoisotopic (exact) mass is 434 g/mol. The predicted octanol–water partition coefficient (Wildman–Crippen LogP) is 3.69. The number of rotatable bonds is 4. The third-order valence-electron chi connectivity index (χ3n) is 7.49. The maximum absolute atomic E-state index is 14.8. The van der Waals surface area contributed by atoms with E-state index >= 15 is 0 Å². The van der Waals surface area contributed by atoms with Gasteiger partial charge in [-0.2, -0.15) is 0 Å². The van der Waals surface area contributed by atoms with E-state index in [0.29, 0.717) is 11.6 Å². The van der Waals surface area contributed by atoms with E-state index in [4.69, 9.17) is 0 Å². The molecule has 2 heterocycles. The second-order valence-corrected chi connectivity index (χ2v) is 9.43. The molecule has 3 atom stereocenters. The van der Waals surface area contributed by atoms with Gasteiger partial charge in [-0.15, -0.1) is 0 Å². The summed E-state index contributed by atoms with van der Waals surface area (Å²) < 4.78 is 16.8. The Labute approximate surface area is 188 Å². The molecule has 5 rings (SSSR count). The third kappa shape index (κ3) is 3.24. The van der Waals surface area contributed by atoms with Gasteiger partial charge in [-0.1, -0.05) is 24.3 Å². The predicted molar refractivity (Wildman–Crippen MR) is 126 cm³/mol. The number of likely N-dealkylation sites (tertiary alicyclic amines) is 1. The first-order valence-electron chi connectivity index (χ1n) is 11.4. The summed E-state index contributed by atoms with van der Waals surface area (Å²) in [5, 5.41) is 3.89. The van der Waals surface area contributed by atoms with E-state index in [-0.39, 0.29) is 23.7 Å². The van der Waals surface area contributed by atoms with Gasteiger partial charge in [0.2, 0.25) is 0 Å². The van der Waals surface area contributed by atoms with Crippen molar-refractivity contribution in [3.63, 3.8) is 0 Å². The highest BCUT2D eigenvalue weighted by atomic mass is 19.1. The number of nitrogens with zero attached hydrogens (tertiary/aromatic N) is 3. The van der Waals surface area contributed by atoms with Crippen LogP contribution in [0.4, 0.5) is 4.39 Å². The number of carbonyl (C=O) groups is 1. The van der Waals surface area contributed by atoms with Crippen LogP contribution in [-0.4, -0.2) is 60.5 Å². The highest BCUT2D eigenvalue weighted by Crippen LogP contribution is 2.44. The smallest absolute Gasteiger partial charge is 0.253 e. The van der Waals surface area contributed by atoms with E-state index < -0.39 is 0 Å². The highest BCUT2D eigenvalue weighted by molar-refractivity contribution is 6.06. The van der Waals surface area contributed by atoms with Crippen LogP contribution in [0.25, 0.3) is 10.9 Å². The standard InChI is InChI=1S/C26H31FN4O/c1-28-26(32)18-9-6-8-17-19(13-30(4)25(17)18)20-14-31(15-23(20)29(2)3)22-12-11-16-7-5-10-21(27)24(16)22/h5-10,13,20,22-23H,11-12,14-15H2,1-4H3,(H,28,32)/t20-,22?,23+/m1/s1. The van der Waals surface area contributed by atoms with Crippen LogP contribution in [0.15, 0.2) is 42.6 Å². The number of amides is 1. The zero-order valence-corrected chi connectivity index (χ0v) is 19.2. The fourth-order valence-corrected chi connectivity index (χ4v) is 5.99. The molecule has 1 N–H and O–H groups in total. The van der Waals surface area contributed by atoms with E-state index in [1.54, 1.807) is 13.1 Å². The molecule has 1 amide bonds. The molecule has 2 aromatic carbocycles. The zero-order chi connectivity index (χ0) is 22.6. The first-order valence-corrected chi connectivity index (χ1v) is 11.4. The van der Waals surface area contributed by atoms with Crippen molar-refractivity contribution in [1.82, 2.24) is 19.7 Å². The van der Waals surface area contributed by atoms with E-state index in [2.05, 4.69) is 52.1 Å². The topological polar surface area (TPSA) is 40.5 Å². The Morgan fingerprint density at radius 3 is 2.69 bits per heavy atom. The molecule has 32 heavy (non-hydrogen) atoms. The van der Waals surface area contributed by atoms with Crippen LogP contribution in [-0.2, 0) is 13.5 Å². The number of halogens is 1. The van der Waals surface area contributed by atoms with Crippen LogP contribution in [0, 0.1) is 5.82 Å². The lowest BCUT2D eigenvalue weighted by Gasteiger charge is -2.26. The molecule has 1 aliphatic heterocycles. The molecule has 0 radical (unpaired) electrons. The van der Waals surface area contributed by atoms with Crippen molar-refractivity contribution in [1.29, 1.82) is 0 Å². The number of likely N-dealkylation sites (N-methyl/N-ethyl adjacent to an activating group) is 1. The summed E-state index contributed by atoms with van der Waals surface area (Å²) in [5.74, 6) is 0.137. The molecular formula is C26H31FN4O. The summed E-state index contributed by atoms with van der Waals surface area (Å²) in [6.45, 7) is 1.78. The minimum absolute atomic E-state index is 0.0707. The molecule has 1 aromatic heterocycles. The number of nitrogens with one attached hydrogen (secondary N) is 1. The minimum atomic E-state index is -0.0739. The molecule has 1 fully saturated rings. The van der Waals surface area contributed by atoms with Crippen molar-refractivity contribution in [3.05, 3.63) is 70.7 Å². The summed E-state index contributed by atoms with van der Waals surface area (Å²) in [5.41, 5.74) is 4.98. The van der Waals surface area contributed by atoms with Crippen LogP contribution in [0.5, 0.6) is 0 Å². The van der Waals surface area contributed by atoms with Gasteiger partial charge in [-0.25, -0.2) is 4.39 Å². The largest absolute Gasteiger partial charge is 0.355 e. The molecule has 1 unspecified atom stereocenters. The number of carbonyl (C=O) groups excluding carboxylic acids is 1. The van der Waals surface area contributed by atoms with Crippen molar-refractivity contribution in [2.45, 2.75) is 30.8 Å². The summed E-state index contributed by atoms with van der Waals surface area (Å²) in [7, 11) is 7.94. The lowest BCUT2D eigenvalue weighted by Crippen LogP contribution is -2.35. The van der Waals surface area contributed by atoms with Gasteiger partial charge in [0.1, 0.15) is 5.82 Å². The average molecular weight is 435 g/mol. The van der Waals surface area contributed by atoms with Gasteiger partial charge in [0.15, 0.2) is 0 Å². The van der Waals surface area contributed by atoms with Crippen LogP contribution in [0.1, 0.15) is 45.4 Å². The summed E-state index contributed by atoms with van der Waals surface area (Å²) in [6, 6.07) is 11.9. The van der Waals surface area contributed by atoms with Crippen molar-refractivity contribution in [2.24, 2.45) is 7.05 Å². The Hall–Kier alpha value is -2.70. The molecule has 1 aliphatic carbocycles. The van der Waals surface area contributed by atoms with Gasteiger partial charge in [0.25, 0.3) is 5.91 Å².